The molecule has 2 aromatic carbocycles. The van der Waals surface area contributed by atoms with Crippen molar-refractivity contribution in [2.75, 3.05) is 30.3 Å². The molecule has 1 aliphatic heterocycles. The van der Waals surface area contributed by atoms with Gasteiger partial charge in [0.05, 0.1) is 10.8 Å². The number of nitrogens with one attached hydrogen (secondary N) is 5. The Morgan fingerprint density at radius 2 is 1.06 bits per heavy atom. The van der Waals surface area contributed by atoms with Gasteiger partial charge in [-0.1, -0.05) is 30.3 Å². The molecule has 0 atom stereocenters. The summed E-state index contributed by atoms with van der Waals surface area (Å²) < 4.78 is 21.3. The van der Waals surface area contributed by atoms with E-state index in [1.807, 2.05) is 42.5 Å². The lowest BCUT2D eigenvalue weighted by molar-refractivity contribution is -0.201. The first-order valence-electron chi connectivity index (χ1n) is 22.1. The Labute approximate surface area is 387 Å². The second kappa shape index (κ2) is 19.6. The Morgan fingerprint density at radius 1 is 0.606 bits per heavy atom. The zero-order valence-corrected chi connectivity index (χ0v) is 40.3. The summed E-state index contributed by atoms with van der Waals surface area (Å²) in [7, 11) is 0. The fourth-order valence-corrected chi connectivity index (χ4v) is 7.60. The number of carbonyl (C=O) groups is 6. The Balaban J connectivity index is 1.09. The maximum absolute atomic E-state index is 13.4. The van der Waals surface area contributed by atoms with Crippen LogP contribution in [0.15, 0.2) is 64.6 Å². The van der Waals surface area contributed by atoms with E-state index in [1.165, 1.54) is 0 Å². The molecule has 6 amide bonds. The Morgan fingerprint density at radius 3 is 1.52 bits per heavy atom. The van der Waals surface area contributed by atoms with Crippen LogP contribution in [-0.4, -0.2) is 95.0 Å². The predicted octanol–water partition coefficient (Wildman–Crippen LogP) is 8.29. The number of benzene rings is 2. The van der Waals surface area contributed by atoms with Gasteiger partial charge in [0.2, 0.25) is 23.7 Å². The van der Waals surface area contributed by atoms with Crippen LogP contribution < -0.4 is 26.6 Å². The highest BCUT2D eigenvalue weighted by Crippen LogP contribution is 2.73. The van der Waals surface area contributed by atoms with Crippen molar-refractivity contribution in [2.24, 2.45) is 20.8 Å². The second-order valence-corrected chi connectivity index (χ2v) is 21.0. The molecule has 4 aliphatic rings. The van der Waals surface area contributed by atoms with Gasteiger partial charge in [-0.3, -0.25) is 20.2 Å². The molecule has 5 N–H and O–H groups in total. The molecule has 0 unspecified atom stereocenters. The third kappa shape index (κ3) is 14.8. The third-order valence-corrected chi connectivity index (χ3v) is 10.4. The lowest BCUT2D eigenvalue weighted by Crippen LogP contribution is -2.70. The van der Waals surface area contributed by atoms with Gasteiger partial charge in [0.15, 0.2) is 0 Å². The van der Waals surface area contributed by atoms with E-state index >= 15 is 0 Å². The zero-order chi connectivity index (χ0) is 48.9. The van der Waals surface area contributed by atoms with Crippen LogP contribution in [0.25, 0.3) is 5.57 Å². The Kier molecular flexibility index (Phi) is 15.0. The van der Waals surface area contributed by atoms with E-state index in [-0.39, 0.29) is 23.7 Å². The van der Waals surface area contributed by atoms with Gasteiger partial charge in [-0.05, 0) is 156 Å². The summed E-state index contributed by atoms with van der Waals surface area (Å²) >= 11 is 0. The number of carbonyl (C=O) groups excluding carboxylic acids is 6. The summed E-state index contributed by atoms with van der Waals surface area (Å²) in [5.74, 6) is -0.292. The molecule has 66 heavy (non-hydrogen) atoms. The first-order chi connectivity index (χ1) is 30.5. The molecular formula is C48H66N8O10. The average molecular weight is 915 g/mol. The van der Waals surface area contributed by atoms with Gasteiger partial charge in [-0.2, -0.15) is 0 Å². The minimum Gasteiger partial charge on any atom is -0.444 e. The van der Waals surface area contributed by atoms with E-state index in [0.29, 0.717) is 63.1 Å². The monoisotopic (exact) mass is 914 g/mol. The topological polar surface area (TPSA) is 227 Å². The predicted molar refractivity (Wildman–Crippen MR) is 251 cm³/mol. The first-order valence-corrected chi connectivity index (χ1v) is 22.1. The molecule has 18 heteroatoms. The summed E-state index contributed by atoms with van der Waals surface area (Å²) in [6.45, 7) is 21.9. The summed E-state index contributed by atoms with van der Waals surface area (Å²) in [4.78, 5) is 86.5. The molecule has 0 spiro atoms. The molecule has 2 bridgehead atoms. The summed E-state index contributed by atoms with van der Waals surface area (Å²) in [5.41, 5.74) is 0.0184. The maximum Gasteiger partial charge on any atom is 0.437 e. The van der Waals surface area contributed by atoms with E-state index in [9.17, 15) is 28.8 Å². The van der Waals surface area contributed by atoms with Crippen LogP contribution in [0.3, 0.4) is 0 Å². The quantitative estimate of drug-likeness (QED) is 0.0958. The second-order valence-electron chi connectivity index (χ2n) is 21.0. The van der Waals surface area contributed by atoms with Crippen LogP contribution in [0.4, 0.5) is 30.6 Å². The van der Waals surface area contributed by atoms with Crippen LogP contribution in [0.5, 0.6) is 0 Å². The number of amides is 6. The number of ether oxygens (including phenoxy) is 4. The third-order valence-electron chi connectivity index (χ3n) is 10.4. The Hall–Kier alpha value is -6.46. The molecule has 3 aliphatic carbocycles. The van der Waals surface area contributed by atoms with Crippen molar-refractivity contribution in [1.82, 2.24) is 20.9 Å². The number of anilines is 2. The van der Waals surface area contributed by atoms with Gasteiger partial charge in [-0.25, -0.2) is 19.2 Å². The van der Waals surface area contributed by atoms with Crippen LogP contribution >= 0.6 is 0 Å². The number of nitrogens with zero attached hydrogens (tertiary/aromatic N) is 3. The highest BCUT2D eigenvalue weighted by Gasteiger charge is 2.74. The van der Waals surface area contributed by atoms with Crippen molar-refractivity contribution in [3.63, 3.8) is 0 Å². The van der Waals surface area contributed by atoms with Crippen LogP contribution in [0.1, 0.15) is 120 Å². The number of hydrogen-bond acceptors (Lipinski definition) is 10. The van der Waals surface area contributed by atoms with E-state index in [4.69, 9.17) is 18.9 Å². The van der Waals surface area contributed by atoms with Gasteiger partial charge in [-0.15, -0.1) is 9.98 Å². The molecule has 3 fully saturated rings. The SMILES string of the molecule is CC(C)(C)OC(=O)/N=C(/NC(=O)OC(C)(C)C)N1CC=C(c2ccc(NC(=O)C34CC(C(=O)Nc5ccc(CCN/C(=N\C(=O)OC(C)(C)C)NC(=O)OC(C)(C)C)cc5)(C3)C4)cc2)CC1. The fraction of sp³-hybridized carbons (Fsp3) is 0.542. The highest BCUT2D eigenvalue weighted by atomic mass is 16.6. The number of aliphatic imine (C=N–C) groups is 2. The van der Waals surface area contributed by atoms with Crippen molar-refractivity contribution in [1.29, 1.82) is 0 Å². The van der Waals surface area contributed by atoms with E-state index in [1.54, 1.807) is 100 Å². The smallest absolute Gasteiger partial charge is 0.437 e. The van der Waals surface area contributed by atoms with Crippen molar-refractivity contribution in [2.45, 2.75) is 138 Å². The summed E-state index contributed by atoms with van der Waals surface area (Å²) in [5, 5.41) is 14.1. The molecule has 18 nitrogen and oxygen atoms in total. The first kappa shape index (κ1) is 50.5. The largest absolute Gasteiger partial charge is 0.444 e. The molecule has 0 saturated heterocycles. The van der Waals surface area contributed by atoms with Gasteiger partial charge in [0.25, 0.3) is 0 Å². The van der Waals surface area contributed by atoms with Crippen molar-refractivity contribution < 1.29 is 47.7 Å². The fourth-order valence-electron chi connectivity index (χ4n) is 7.60. The summed E-state index contributed by atoms with van der Waals surface area (Å²) in [6.07, 6.45) is 1.28. The minimum absolute atomic E-state index is 0.0355. The average Bonchev–Trinajstić information content (AvgIpc) is 3.11. The van der Waals surface area contributed by atoms with Crippen LogP contribution in [0.2, 0.25) is 0 Å². The van der Waals surface area contributed by atoms with Gasteiger partial charge in [0.1, 0.15) is 22.4 Å². The van der Waals surface area contributed by atoms with Crippen LogP contribution in [0, 0.1) is 10.8 Å². The molecular weight excluding hydrogens is 849 g/mol. The van der Waals surface area contributed by atoms with Gasteiger partial charge >= 0.3 is 24.4 Å². The standard InChI is InChI=1S/C48H66N8O10/c1-43(2,3)63-39(59)52-37(53-40(60)64-44(4,5)6)49-24-21-30-13-17-33(18-14-30)50-35(57)47-27-48(28-47,29-47)36(58)51-34-19-15-31(16-20-34)32-22-25-56(26-23-32)38(54-41(61)65-45(7,8)9)55-42(62)66-46(10,11)12/h13-20,22H,21,23-29H2,1-12H3,(H,50,57)(H,51,58)(H,54,55,61,62)(H2,49,52,53,59,60). The molecule has 2 aromatic rings. The normalized spacial score (nSPS) is 19.7. The molecule has 3 saturated carbocycles. The van der Waals surface area contributed by atoms with Crippen LogP contribution in [-0.2, 0) is 35.0 Å². The number of rotatable bonds is 8. The Bertz CT molecular complexity index is 2240. The molecule has 1 heterocycles. The van der Waals surface area contributed by atoms with E-state index in [0.717, 1.165) is 16.7 Å². The van der Waals surface area contributed by atoms with Crippen molar-refractivity contribution in [3.05, 3.63) is 65.7 Å². The number of guanidine groups is 2. The van der Waals surface area contributed by atoms with Crippen molar-refractivity contribution >= 4 is 65.1 Å². The van der Waals surface area contributed by atoms with E-state index in [2.05, 4.69) is 36.6 Å². The highest BCUT2D eigenvalue weighted by molar-refractivity contribution is 6.05. The molecule has 6 rings (SSSR count). The van der Waals surface area contributed by atoms with E-state index < -0.39 is 57.6 Å². The lowest BCUT2D eigenvalue weighted by Gasteiger charge is -2.67. The number of alkyl carbamates (subject to hydrolysis) is 2. The van der Waals surface area contributed by atoms with Gasteiger partial charge in [0, 0.05) is 31.0 Å². The maximum atomic E-state index is 13.4. The van der Waals surface area contributed by atoms with Gasteiger partial charge < -0.3 is 39.8 Å². The number of hydrogen-bond donors (Lipinski definition) is 5. The zero-order valence-electron chi connectivity index (χ0n) is 40.3. The summed E-state index contributed by atoms with van der Waals surface area (Å²) in [6, 6.07) is 14.9. The minimum atomic E-state index is -0.870. The molecule has 0 radical (unpaired) electrons. The van der Waals surface area contributed by atoms with Crippen molar-refractivity contribution in [3.8, 4) is 0 Å². The molecule has 358 valence electrons. The molecule has 0 aromatic heterocycles. The lowest BCUT2D eigenvalue weighted by atomic mass is 9.34.